The highest BCUT2D eigenvalue weighted by molar-refractivity contribution is 5.81. The van der Waals surface area contributed by atoms with Crippen molar-refractivity contribution in [2.75, 3.05) is 20.1 Å². The predicted molar refractivity (Wildman–Crippen MR) is 59.8 cm³/mol. The van der Waals surface area contributed by atoms with E-state index < -0.39 is 0 Å². The molecule has 5 nitrogen and oxygen atoms in total. The molecule has 2 N–H and O–H groups in total. The van der Waals surface area contributed by atoms with Crippen LogP contribution in [0.4, 0.5) is 0 Å². The second-order valence-corrected chi connectivity index (χ2v) is 4.55. The third-order valence-electron chi connectivity index (χ3n) is 3.45. The van der Waals surface area contributed by atoms with Gasteiger partial charge >= 0.3 is 0 Å². The summed E-state index contributed by atoms with van der Waals surface area (Å²) in [5.74, 6) is 0.261. The molecule has 90 valence electrons. The summed E-state index contributed by atoms with van der Waals surface area (Å²) < 4.78 is 0. The third kappa shape index (κ3) is 2.19. The van der Waals surface area contributed by atoms with Crippen LogP contribution in [0.25, 0.3) is 0 Å². The number of amides is 2. The van der Waals surface area contributed by atoms with Crippen LogP contribution in [0.2, 0.25) is 0 Å². The standard InChI is InChI=1S/C11H19N3O2/c1-12-5-4-11(16)14-8-2-3-9(14)7-13-10(15)6-8/h8-9,12H,2-7H2,1H3,(H,13,15). The van der Waals surface area contributed by atoms with E-state index in [2.05, 4.69) is 10.6 Å². The molecule has 2 heterocycles. The van der Waals surface area contributed by atoms with E-state index in [1.165, 1.54) is 0 Å². The minimum absolute atomic E-state index is 0.0821. The van der Waals surface area contributed by atoms with Crippen molar-refractivity contribution in [3.05, 3.63) is 0 Å². The maximum absolute atomic E-state index is 12.0. The van der Waals surface area contributed by atoms with Crippen molar-refractivity contribution in [1.29, 1.82) is 0 Å². The van der Waals surface area contributed by atoms with Gasteiger partial charge in [-0.15, -0.1) is 0 Å². The molecule has 2 atom stereocenters. The molecule has 5 heteroatoms. The fourth-order valence-electron chi connectivity index (χ4n) is 2.65. The Hall–Kier alpha value is -1.10. The smallest absolute Gasteiger partial charge is 0.224 e. The van der Waals surface area contributed by atoms with Gasteiger partial charge in [-0.1, -0.05) is 0 Å². The molecule has 2 rings (SSSR count). The van der Waals surface area contributed by atoms with Gasteiger partial charge < -0.3 is 15.5 Å². The first kappa shape index (κ1) is 11.4. The maximum Gasteiger partial charge on any atom is 0.224 e. The Kier molecular flexibility index (Phi) is 3.43. The number of nitrogens with zero attached hydrogens (tertiary/aromatic N) is 1. The Morgan fingerprint density at radius 1 is 1.50 bits per heavy atom. The van der Waals surface area contributed by atoms with Crippen LogP contribution in [0, 0.1) is 0 Å². The number of rotatable bonds is 3. The van der Waals surface area contributed by atoms with Gasteiger partial charge in [-0.25, -0.2) is 0 Å². The second kappa shape index (κ2) is 4.82. The van der Waals surface area contributed by atoms with Crippen LogP contribution >= 0.6 is 0 Å². The molecule has 0 aromatic rings. The lowest BCUT2D eigenvalue weighted by Gasteiger charge is -2.27. The molecule has 2 amide bonds. The van der Waals surface area contributed by atoms with Crippen LogP contribution in [-0.4, -0.2) is 48.9 Å². The Balaban J connectivity index is 2.02. The minimum atomic E-state index is 0.0821. The number of carbonyl (C=O) groups is 2. The molecule has 2 aliphatic heterocycles. The molecule has 0 aromatic carbocycles. The summed E-state index contributed by atoms with van der Waals surface area (Å²) >= 11 is 0. The topological polar surface area (TPSA) is 61.4 Å². The molecule has 0 radical (unpaired) electrons. The molecular weight excluding hydrogens is 206 g/mol. The van der Waals surface area contributed by atoms with Crippen LogP contribution in [0.3, 0.4) is 0 Å². The highest BCUT2D eigenvalue weighted by Gasteiger charge is 2.39. The van der Waals surface area contributed by atoms with Crippen molar-refractivity contribution in [1.82, 2.24) is 15.5 Å². The van der Waals surface area contributed by atoms with E-state index in [0.29, 0.717) is 25.9 Å². The van der Waals surface area contributed by atoms with E-state index in [0.717, 1.165) is 12.8 Å². The first-order valence-electron chi connectivity index (χ1n) is 5.95. The van der Waals surface area contributed by atoms with E-state index in [9.17, 15) is 9.59 Å². The van der Waals surface area contributed by atoms with Gasteiger partial charge in [-0.3, -0.25) is 9.59 Å². The van der Waals surface area contributed by atoms with E-state index in [-0.39, 0.29) is 23.9 Å². The first-order chi connectivity index (χ1) is 7.72. The average Bonchev–Trinajstić information content (AvgIpc) is 2.56. The van der Waals surface area contributed by atoms with Gasteiger partial charge in [0.05, 0.1) is 0 Å². The number of fused-ring (bicyclic) bond motifs is 2. The summed E-state index contributed by atoms with van der Waals surface area (Å²) in [7, 11) is 1.84. The van der Waals surface area contributed by atoms with Gasteiger partial charge in [0.2, 0.25) is 11.8 Å². The fraction of sp³-hybridized carbons (Fsp3) is 0.818. The van der Waals surface area contributed by atoms with Crippen molar-refractivity contribution >= 4 is 11.8 Å². The van der Waals surface area contributed by atoms with E-state index in [4.69, 9.17) is 0 Å². The summed E-state index contributed by atoms with van der Waals surface area (Å²) in [4.78, 5) is 25.4. The number of nitrogens with one attached hydrogen (secondary N) is 2. The Morgan fingerprint density at radius 3 is 3.00 bits per heavy atom. The summed E-state index contributed by atoms with van der Waals surface area (Å²) in [6, 6.07) is 0.359. The predicted octanol–water partition coefficient (Wildman–Crippen LogP) is -0.525. The van der Waals surface area contributed by atoms with Crippen LogP contribution in [0.15, 0.2) is 0 Å². The Bertz CT molecular complexity index is 293. The van der Waals surface area contributed by atoms with Crippen molar-refractivity contribution in [3.63, 3.8) is 0 Å². The highest BCUT2D eigenvalue weighted by atomic mass is 16.2. The summed E-state index contributed by atoms with van der Waals surface area (Å²) in [6.07, 6.45) is 3.00. The molecule has 0 aliphatic carbocycles. The normalized spacial score (nSPS) is 28.8. The van der Waals surface area contributed by atoms with E-state index >= 15 is 0 Å². The molecule has 0 spiro atoms. The third-order valence-corrected chi connectivity index (χ3v) is 3.45. The van der Waals surface area contributed by atoms with Crippen LogP contribution < -0.4 is 10.6 Å². The second-order valence-electron chi connectivity index (χ2n) is 4.55. The quantitative estimate of drug-likeness (QED) is 0.679. The summed E-state index contributed by atoms with van der Waals surface area (Å²) in [5.41, 5.74) is 0. The van der Waals surface area contributed by atoms with Gasteiger partial charge in [0.25, 0.3) is 0 Å². The molecule has 16 heavy (non-hydrogen) atoms. The van der Waals surface area contributed by atoms with Crippen LogP contribution in [0.1, 0.15) is 25.7 Å². The van der Waals surface area contributed by atoms with Gasteiger partial charge in [0.15, 0.2) is 0 Å². The molecule has 0 saturated carbocycles. The number of hydrogen-bond acceptors (Lipinski definition) is 3. The van der Waals surface area contributed by atoms with Gasteiger partial charge in [0.1, 0.15) is 0 Å². The largest absolute Gasteiger partial charge is 0.354 e. The van der Waals surface area contributed by atoms with Gasteiger partial charge in [0, 0.05) is 38.0 Å². The SMILES string of the molecule is CNCCC(=O)N1C2CCC1CC(=O)NC2. The highest BCUT2D eigenvalue weighted by Crippen LogP contribution is 2.28. The lowest BCUT2D eigenvalue weighted by atomic mass is 10.1. The number of carbonyl (C=O) groups excluding carboxylic acids is 2. The van der Waals surface area contributed by atoms with Crippen molar-refractivity contribution < 1.29 is 9.59 Å². The van der Waals surface area contributed by atoms with Crippen molar-refractivity contribution in [2.24, 2.45) is 0 Å². The zero-order valence-electron chi connectivity index (χ0n) is 9.66. The zero-order chi connectivity index (χ0) is 11.5. The van der Waals surface area contributed by atoms with E-state index in [1.807, 2.05) is 11.9 Å². The lowest BCUT2D eigenvalue weighted by Crippen LogP contribution is -2.43. The average molecular weight is 225 g/mol. The van der Waals surface area contributed by atoms with Gasteiger partial charge in [-0.05, 0) is 19.9 Å². The molecule has 2 aliphatic rings. The van der Waals surface area contributed by atoms with Crippen molar-refractivity contribution in [2.45, 2.75) is 37.8 Å². The molecule has 2 unspecified atom stereocenters. The van der Waals surface area contributed by atoms with Crippen molar-refractivity contribution in [3.8, 4) is 0 Å². The molecule has 0 aromatic heterocycles. The molecule has 2 bridgehead atoms. The summed E-state index contributed by atoms with van der Waals surface area (Å²) in [5, 5.41) is 5.85. The molecule has 2 saturated heterocycles. The first-order valence-corrected chi connectivity index (χ1v) is 5.95. The van der Waals surface area contributed by atoms with Crippen LogP contribution in [-0.2, 0) is 9.59 Å². The maximum atomic E-state index is 12.0. The fourth-order valence-corrected chi connectivity index (χ4v) is 2.65. The Labute approximate surface area is 95.6 Å². The summed E-state index contributed by atoms with van der Waals surface area (Å²) in [6.45, 7) is 1.33. The molecule has 2 fully saturated rings. The minimum Gasteiger partial charge on any atom is -0.354 e. The lowest BCUT2D eigenvalue weighted by molar-refractivity contribution is -0.133. The molecular formula is C11H19N3O2. The monoisotopic (exact) mass is 225 g/mol. The zero-order valence-corrected chi connectivity index (χ0v) is 9.66. The van der Waals surface area contributed by atoms with E-state index in [1.54, 1.807) is 0 Å². The number of hydrogen-bond donors (Lipinski definition) is 2. The van der Waals surface area contributed by atoms with Gasteiger partial charge in [-0.2, -0.15) is 0 Å². The Morgan fingerprint density at radius 2 is 2.25 bits per heavy atom. The van der Waals surface area contributed by atoms with Crippen LogP contribution in [0.5, 0.6) is 0 Å².